The number of hydrogen-bond acceptors (Lipinski definition) is 8. The van der Waals surface area contributed by atoms with Crippen LogP contribution in [0.15, 0.2) is 88.3 Å². The summed E-state index contributed by atoms with van der Waals surface area (Å²) in [6.45, 7) is 2.92. The first-order chi connectivity index (χ1) is 17.8. The van der Waals surface area contributed by atoms with Gasteiger partial charge in [-0.2, -0.15) is 0 Å². The maximum absolute atomic E-state index is 13.1. The molecule has 0 aliphatic carbocycles. The van der Waals surface area contributed by atoms with Crippen LogP contribution in [0.25, 0.3) is 11.5 Å². The molecule has 0 saturated carbocycles. The quantitative estimate of drug-likeness (QED) is 0.448. The number of aromatic nitrogens is 2. The number of morpholine rings is 1. The van der Waals surface area contributed by atoms with Crippen molar-refractivity contribution < 1.29 is 13.9 Å². The van der Waals surface area contributed by atoms with E-state index in [2.05, 4.69) is 25.7 Å². The Labute approximate surface area is 207 Å². The van der Waals surface area contributed by atoms with E-state index >= 15 is 0 Å². The summed E-state index contributed by atoms with van der Waals surface area (Å²) in [7, 11) is 0. The zero-order valence-electron chi connectivity index (χ0n) is 19.4. The lowest BCUT2D eigenvalue weighted by Gasteiger charge is -2.29. The number of benzodiazepines with no additional fused rings is 1. The maximum atomic E-state index is 13.1. The van der Waals surface area contributed by atoms with Crippen molar-refractivity contribution >= 4 is 29.0 Å². The van der Waals surface area contributed by atoms with E-state index in [0.29, 0.717) is 30.5 Å². The first kappa shape index (κ1) is 22.0. The Morgan fingerprint density at radius 3 is 2.42 bits per heavy atom. The molecule has 0 unspecified atom stereocenters. The van der Waals surface area contributed by atoms with Gasteiger partial charge in [0.25, 0.3) is 11.8 Å². The molecule has 2 N–H and O–H groups in total. The van der Waals surface area contributed by atoms with Gasteiger partial charge in [0.1, 0.15) is 0 Å². The molecule has 1 amide bonds. The summed E-state index contributed by atoms with van der Waals surface area (Å²) in [6, 6.07) is 25.4. The van der Waals surface area contributed by atoms with Crippen LogP contribution in [0.5, 0.6) is 0 Å². The first-order valence-electron chi connectivity index (χ1n) is 11.8. The molecule has 4 aromatic rings. The molecule has 36 heavy (non-hydrogen) atoms. The second-order valence-corrected chi connectivity index (χ2v) is 8.45. The third kappa shape index (κ3) is 4.32. The van der Waals surface area contributed by atoms with Gasteiger partial charge in [0, 0.05) is 29.9 Å². The molecule has 0 spiro atoms. The van der Waals surface area contributed by atoms with Crippen molar-refractivity contribution in [1.29, 1.82) is 0 Å². The molecule has 1 fully saturated rings. The maximum Gasteiger partial charge on any atom is 0.317 e. The van der Waals surface area contributed by atoms with Crippen LogP contribution in [0.3, 0.4) is 0 Å². The lowest BCUT2D eigenvalue weighted by Crippen LogP contribution is -2.36. The van der Waals surface area contributed by atoms with E-state index in [9.17, 15) is 4.79 Å². The molecule has 2 aliphatic rings. The Balaban J connectivity index is 1.32. The highest BCUT2D eigenvalue weighted by atomic mass is 16.5. The lowest BCUT2D eigenvalue weighted by atomic mass is 10.0. The molecule has 0 bridgehead atoms. The summed E-state index contributed by atoms with van der Waals surface area (Å²) in [5, 5.41) is 14.4. The van der Waals surface area contributed by atoms with Crippen LogP contribution in [0, 0.1) is 0 Å². The highest BCUT2D eigenvalue weighted by Crippen LogP contribution is 2.31. The largest absolute Gasteiger partial charge is 0.403 e. The number of nitrogens with zero attached hydrogens (tertiary/aromatic N) is 4. The number of para-hydroxylation sites is 2. The molecule has 9 nitrogen and oxygen atoms in total. The van der Waals surface area contributed by atoms with Crippen molar-refractivity contribution in [3.8, 4) is 11.5 Å². The Hall–Kier alpha value is -4.50. The van der Waals surface area contributed by atoms with Crippen LogP contribution in [0.4, 0.5) is 17.4 Å². The summed E-state index contributed by atoms with van der Waals surface area (Å²) < 4.78 is 11.5. The van der Waals surface area contributed by atoms with Gasteiger partial charge in [0.2, 0.25) is 6.17 Å². The first-order valence-corrected chi connectivity index (χ1v) is 11.8. The number of nitrogens with one attached hydrogen (secondary N) is 2. The molecule has 9 heteroatoms. The Morgan fingerprint density at radius 2 is 1.58 bits per heavy atom. The highest BCUT2D eigenvalue weighted by molar-refractivity contribution is 6.19. The molecule has 180 valence electrons. The van der Waals surface area contributed by atoms with Gasteiger partial charge in [0.15, 0.2) is 0 Å². The normalized spacial score (nSPS) is 17.6. The summed E-state index contributed by atoms with van der Waals surface area (Å²) in [5.74, 6) is 0.0472. The number of carbonyl (C=O) groups excluding carboxylic acids is 1. The fraction of sp³-hybridized carbons (Fsp3) is 0.185. The van der Waals surface area contributed by atoms with Crippen LogP contribution in [0.2, 0.25) is 0 Å². The van der Waals surface area contributed by atoms with Crippen LogP contribution in [-0.4, -0.2) is 54.3 Å². The average molecular weight is 481 g/mol. The van der Waals surface area contributed by atoms with E-state index in [1.54, 1.807) is 0 Å². The molecule has 2 aliphatic heterocycles. The second kappa shape index (κ2) is 9.63. The minimum atomic E-state index is -0.963. The average Bonchev–Trinajstić information content (AvgIpc) is 3.35. The lowest BCUT2D eigenvalue weighted by molar-refractivity contribution is -0.116. The van der Waals surface area contributed by atoms with Crippen molar-refractivity contribution in [1.82, 2.24) is 10.2 Å². The molecular weight excluding hydrogens is 456 g/mol. The minimum Gasteiger partial charge on any atom is -0.403 e. The Bertz CT molecular complexity index is 1410. The number of carbonyl (C=O) groups is 1. The van der Waals surface area contributed by atoms with E-state index in [0.717, 1.165) is 35.5 Å². The number of anilines is 3. The fourth-order valence-corrected chi connectivity index (χ4v) is 4.42. The molecule has 3 aromatic carbocycles. The van der Waals surface area contributed by atoms with Gasteiger partial charge < -0.3 is 24.7 Å². The van der Waals surface area contributed by atoms with Gasteiger partial charge in [-0.3, -0.25) is 4.79 Å². The van der Waals surface area contributed by atoms with Crippen molar-refractivity contribution in [3.05, 3.63) is 90.0 Å². The number of amides is 1. The van der Waals surface area contributed by atoms with E-state index < -0.39 is 6.17 Å². The number of ether oxygens (including phenoxy) is 1. The van der Waals surface area contributed by atoms with Crippen molar-refractivity contribution in [2.24, 2.45) is 4.99 Å². The van der Waals surface area contributed by atoms with E-state index in [1.165, 1.54) is 0 Å². The monoisotopic (exact) mass is 480 g/mol. The standard InChI is InChI=1S/C27H24N6O3/c34-25-24(29-23(18-8-2-1-3-9-18)19-10-4-6-12-21(19)28-25)30-27-32-31-26(36-27)20-11-5-7-13-22(20)33-14-16-35-17-15-33/h1-13,24H,14-17H2,(H,28,34)(H,30,32)/t24-/m1/s1. The van der Waals surface area contributed by atoms with E-state index in [-0.39, 0.29) is 11.9 Å². The van der Waals surface area contributed by atoms with Gasteiger partial charge in [-0.25, -0.2) is 4.99 Å². The van der Waals surface area contributed by atoms with Crippen LogP contribution >= 0.6 is 0 Å². The van der Waals surface area contributed by atoms with E-state index in [4.69, 9.17) is 14.1 Å². The Morgan fingerprint density at radius 1 is 0.861 bits per heavy atom. The molecule has 1 saturated heterocycles. The summed E-state index contributed by atoms with van der Waals surface area (Å²) in [4.78, 5) is 20.1. The van der Waals surface area contributed by atoms with Crippen molar-refractivity contribution in [2.75, 3.05) is 41.8 Å². The SMILES string of the molecule is O=C1Nc2ccccc2C(c2ccccc2)=N[C@@H]1Nc1nnc(-c2ccccc2N2CCOCC2)o1. The Kier molecular flexibility index (Phi) is 5.88. The van der Waals surface area contributed by atoms with Crippen LogP contribution in [0.1, 0.15) is 11.1 Å². The van der Waals surface area contributed by atoms with Crippen molar-refractivity contribution in [2.45, 2.75) is 6.17 Å². The zero-order valence-corrected chi connectivity index (χ0v) is 19.4. The van der Waals surface area contributed by atoms with Crippen LogP contribution in [-0.2, 0) is 9.53 Å². The second-order valence-electron chi connectivity index (χ2n) is 8.45. The van der Waals surface area contributed by atoms with E-state index in [1.807, 2.05) is 78.9 Å². The van der Waals surface area contributed by atoms with Crippen molar-refractivity contribution in [3.63, 3.8) is 0 Å². The molecule has 3 heterocycles. The zero-order chi connectivity index (χ0) is 24.3. The van der Waals surface area contributed by atoms with Gasteiger partial charge in [0.05, 0.1) is 30.2 Å². The third-order valence-corrected chi connectivity index (χ3v) is 6.17. The number of fused-ring (bicyclic) bond motifs is 1. The summed E-state index contributed by atoms with van der Waals surface area (Å²) >= 11 is 0. The van der Waals surface area contributed by atoms with Gasteiger partial charge in [-0.1, -0.05) is 65.8 Å². The predicted molar refractivity (Wildman–Crippen MR) is 137 cm³/mol. The minimum absolute atomic E-state index is 0.115. The molecule has 1 aromatic heterocycles. The molecule has 6 rings (SSSR count). The van der Waals surface area contributed by atoms with Gasteiger partial charge in [-0.05, 0) is 18.2 Å². The van der Waals surface area contributed by atoms with Gasteiger partial charge in [-0.15, -0.1) is 5.10 Å². The number of aliphatic imine (C=N–C) groups is 1. The smallest absolute Gasteiger partial charge is 0.317 e. The topological polar surface area (TPSA) is 105 Å². The molecule has 0 radical (unpaired) electrons. The third-order valence-electron chi connectivity index (χ3n) is 6.17. The molecule has 1 atom stereocenters. The van der Waals surface area contributed by atoms with Gasteiger partial charge >= 0.3 is 6.01 Å². The number of rotatable bonds is 5. The van der Waals surface area contributed by atoms with Crippen LogP contribution < -0.4 is 15.5 Å². The molecular formula is C27H24N6O3. The summed E-state index contributed by atoms with van der Waals surface area (Å²) in [5.41, 5.74) is 4.96. The highest BCUT2D eigenvalue weighted by Gasteiger charge is 2.27. The number of hydrogen-bond donors (Lipinski definition) is 2. The fourth-order valence-electron chi connectivity index (χ4n) is 4.42. The predicted octanol–water partition coefficient (Wildman–Crippen LogP) is 3.80. The summed E-state index contributed by atoms with van der Waals surface area (Å²) in [6.07, 6.45) is -0.963. The number of benzene rings is 3.